The van der Waals surface area contributed by atoms with Crippen LogP contribution >= 0.6 is 37.3 Å². The van der Waals surface area contributed by atoms with Crippen LogP contribution in [0.1, 0.15) is 105 Å². The number of allylic oxidation sites excluding steroid dienone is 2. The minimum atomic E-state index is -2.38. The Hall–Kier alpha value is 1.22. The molecule has 0 saturated heterocycles. The number of hydrogen-bond donors (Lipinski definition) is 0. The summed E-state index contributed by atoms with van der Waals surface area (Å²) in [6, 6.07) is 11.6. The van der Waals surface area contributed by atoms with Crippen molar-refractivity contribution in [2.75, 3.05) is 0 Å². The normalized spacial score (nSPS) is 39.2. The quantitative estimate of drug-likeness (QED) is 0.146. The molecule has 3 heteroatoms. The van der Waals surface area contributed by atoms with Crippen molar-refractivity contribution in [1.29, 1.82) is 0 Å². The average Bonchev–Trinajstić information content (AvgIpc) is 3.21. The molecule has 1 aromatic rings. The topological polar surface area (TPSA) is 0 Å². The van der Waals surface area contributed by atoms with Crippen molar-refractivity contribution < 1.29 is 0 Å². The van der Waals surface area contributed by atoms with Crippen LogP contribution in [0.5, 0.6) is 0 Å². The third-order valence-electron chi connectivity index (χ3n) is 12.0. The molecule has 0 heterocycles. The summed E-state index contributed by atoms with van der Waals surface area (Å²) in [5, 5.41) is 0. The Balaban J connectivity index is 1.31. The summed E-state index contributed by atoms with van der Waals surface area (Å²) >= 11 is 5.96. The van der Waals surface area contributed by atoms with Gasteiger partial charge in [0.2, 0.25) is 0 Å². The maximum absolute atomic E-state index is 2.98. The summed E-state index contributed by atoms with van der Waals surface area (Å²) in [5.74, 6) is 5.66. The molecule has 0 spiro atoms. The average molecular weight is 819 g/mol. The summed E-state index contributed by atoms with van der Waals surface area (Å²) in [6.07, 6.45) is 18.9. The van der Waals surface area contributed by atoms with E-state index in [4.69, 9.17) is 0 Å². The Bertz CT molecular complexity index is 938. The minimum absolute atomic E-state index is 0.494. The Morgan fingerprint density at radius 1 is 0.917 bits per heavy atom. The fraction of sp³-hybridized carbons (Fsp3) is 0.758. The van der Waals surface area contributed by atoms with Crippen molar-refractivity contribution in [1.82, 2.24) is 0 Å². The molecule has 0 aliphatic heterocycles. The number of rotatable bonds is 7. The zero-order valence-corrected chi connectivity index (χ0v) is 30.7. The molecule has 3 fully saturated rings. The molecule has 200 valence electrons. The molecular weight excluding hydrogens is 769 g/mol. The number of benzene rings is 1. The molecule has 0 aromatic heterocycles. The SMILES string of the molecule is CC(C)CCC[C@@H](C)[C@H]1CC[C@H]2[C@@H]3CC=C4C[C@H]([Sn]([I])([I])[c]5ccccc5)CC[C@]4(C)[C@H]3CC[C@]12C. The van der Waals surface area contributed by atoms with Gasteiger partial charge in [-0.05, 0) is 5.92 Å². The van der Waals surface area contributed by atoms with Crippen molar-refractivity contribution in [2.24, 2.45) is 46.3 Å². The first-order valence-corrected chi connectivity index (χ1v) is 34.9. The molecule has 0 N–H and O–H groups in total. The maximum atomic E-state index is 2.98. The standard InChI is InChI=1S/C27H45.C6H5.2HI.Sn/c1-19(2)9-8-10-20(3)23-14-15-24-22-13-12-21-11-6-7-17-26(21,4)25(22)16-18-27(23,24)5;1-2-4-6-5-3-1;;;/h6,12,19-20,22-25H,7-11,13-18H2,1-5H3;1-5H;2*1H;/q;;;;+2/p-2/t20-,22+,23-,24+,25+,26+,27-;;;;/m1..../s1. The van der Waals surface area contributed by atoms with Gasteiger partial charge >= 0.3 is 223 Å². The van der Waals surface area contributed by atoms with E-state index in [1.54, 1.807) is 3.58 Å². The van der Waals surface area contributed by atoms with Gasteiger partial charge in [0.25, 0.3) is 0 Å². The van der Waals surface area contributed by atoms with E-state index in [0.717, 1.165) is 39.4 Å². The predicted molar refractivity (Wildman–Crippen MR) is 177 cm³/mol. The van der Waals surface area contributed by atoms with Crippen LogP contribution in [0.2, 0.25) is 3.93 Å². The van der Waals surface area contributed by atoms with Crippen LogP contribution in [-0.2, 0) is 0 Å². The molecule has 0 bridgehead atoms. The van der Waals surface area contributed by atoms with Gasteiger partial charge < -0.3 is 0 Å². The summed E-state index contributed by atoms with van der Waals surface area (Å²) in [5.41, 5.74) is 3.00. The van der Waals surface area contributed by atoms with Crippen LogP contribution in [0.15, 0.2) is 42.0 Å². The Morgan fingerprint density at radius 2 is 1.67 bits per heavy atom. The van der Waals surface area contributed by atoms with E-state index >= 15 is 0 Å². The molecule has 0 nitrogen and oxygen atoms in total. The first-order chi connectivity index (χ1) is 17.1. The van der Waals surface area contributed by atoms with E-state index < -0.39 is 10.4 Å². The monoisotopic (exact) mass is 820 g/mol. The Labute approximate surface area is 246 Å². The second-order valence-electron chi connectivity index (χ2n) is 14.2. The third-order valence-corrected chi connectivity index (χ3v) is 39.6. The van der Waals surface area contributed by atoms with E-state index in [0.29, 0.717) is 10.8 Å². The van der Waals surface area contributed by atoms with Crippen molar-refractivity contribution >= 4 is 51.3 Å². The first kappa shape index (κ1) is 28.7. The molecule has 5 rings (SSSR count). The Morgan fingerprint density at radius 3 is 2.39 bits per heavy atom. The van der Waals surface area contributed by atoms with Gasteiger partial charge in [-0.3, -0.25) is 0 Å². The second-order valence-corrected chi connectivity index (χ2v) is 58.4. The molecule has 4 aliphatic carbocycles. The van der Waals surface area contributed by atoms with Gasteiger partial charge in [-0.2, -0.15) is 0 Å². The molecule has 0 radical (unpaired) electrons. The van der Waals surface area contributed by atoms with Crippen molar-refractivity contribution in [3.8, 4) is 0 Å². The van der Waals surface area contributed by atoms with Crippen LogP contribution in [0.4, 0.5) is 0 Å². The molecule has 1 aromatic carbocycles. The van der Waals surface area contributed by atoms with Gasteiger partial charge in [0.1, 0.15) is 0 Å². The van der Waals surface area contributed by atoms with Gasteiger partial charge in [0, 0.05) is 0 Å². The van der Waals surface area contributed by atoms with E-state index in [1.807, 2.05) is 5.57 Å². The molecule has 0 unspecified atom stereocenters. The van der Waals surface area contributed by atoms with Gasteiger partial charge in [-0.15, -0.1) is 0 Å². The fourth-order valence-corrected chi connectivity index (χ4v) is 27.8. The van der Waals surface area contributed by atoms with Crippen molar-refractivity contribution in [3.63, 3.8) is 0 Å². The van der Waals surface area contributed by atoms with Gasteiger partial charge in [0.15, 0.2) is 0 Å². The third kappa shape index (κ3) is 5.18. The van der Waals surface area contributed by atoms with Crippen molar-refractivity contribution in [3.05, 3.63) is 42.0 Å². The molecule has 4 aliphatic rings. The second kappa shape index (κ2) is 11.2. The molecule has 36 heavy (non-hydrogen) atoms. The van der Waals surface area contributed by atoms with Crippen LogP contribution < -0.4 is 3.58 Å². The van der Waals surface area contributed by atoms with Gasteiger partial charge in [-0.25, -0.2) is 0 Å². The fourth-order valence-electron chi connectivity index (χ4n) is 9.89. The van der Waals surface area contributed by atoms with Gasteiger partial charge in [-0.1, -0.05) is 20.3 Å². The molecule has 8 atom stereocenters. The summed E-state index contributed by atoms with van der Waals surface area (Å²) in [7, 11) is -2.38. The van der Waals surface area contributed by atoms with E-state index in [2.05, 4.69) is 108 Å². The molecule has 0 amide bonds. The van der Waals surface area contributed by atoms with E-state index in [1.165, 1.54) is 70.6 Å². The van der Waals surface area contributed by atoms with Crippen LogP contribution in [-0.4, -0.2) is 10.4 Å². The van der Waals surface area contributed by atoms with Crippen LogP contribution in [0, 0.1) is 46.3 Å². The van der Waals surface area contributed by atoms with E-state index in [-0.39, 0.29) is 0 Å². The first-order valence-electron chi connectivity index (χ1n) is 15.2. The number of fused-ring (bicyclic) bond motifs is 5. The number of hydrogen-bond acceptors (Lipinski definition) is 0. The zero-order chi connectivity index (χ0) is 25.7. The summed E-state index contributed by atoms with van der Waals surface area (Å²) in [6.45, 7) is 12.9. The van der Waals surface area contributed by atoms with Crippen LogP contribution in [0.25, 0.3) is 0 Å². The molecular formula is C33H50I2Sn. The predicted octanol–water partition coefficient (Wildman–Crippen LogP) is 10.6. The number of halogens is 2. The summed E-state index contributed by atoms with van der Waals surface area (Å²) < 4.78 is 2.67. The Kier molecular flexibility index (Phi) is 8.97. The van der Waals surface area contributed by atoms with Gasteiger partial charge in [0.05, 0.1) is 0 Å². The van der Waals surface area contributed by atoms with Crippen LogP contribution in [0.3, 0.4) is 0 Å². The molecule has 3 saturated carbocycles. The van der Waals surface area contributed by atoms with E-state index in [9.17, 15) is 0 Å². The van der Waals surface area contributed by atoms with Crippen molar-refractivity contribution in [2.45, 2.75) is 109 Å². The summed E-state index contributed by atoms with van der Waals surface area (Å²) in [4.78, 5) is 0. The zero-order valence-electron chi connectivity index (χ0n) is 23.5.